The Hall–Kier alpha value is -3.27. The van der Waals surface area contributed by atoms with Crippen LogP contribution in [0.1, 0.15) is 24.1 Å². The molecule has 2 aliphatic rings. The van der Waals surface area contributed by atoms with E-state index in [0.717, 1.165) is 48.9 Å². The zero-order chi connectivity index (χ0) is 23.3. The topological polar surface area (TPSA) is 96.2 Å². The van der Waals surface area contributed by atoms with Crippen molar-refractivity contribution in [3.05, 3.63) is 76.2 Å². The Morgan fingerprint density at radius 1 is 1.15 bits per heavy atom. The van der Waals surface area contributed by atoms with Gasteiger partial charge in [0.1, 0.15) is 11.4 Å². The number of aromatic nitrogens is 4. The van der Waals surface area contributed by atoms with E-state index in [2.05, 4.69) is 25.2 Å². The molecule has 0 saturated carbocycles. The van der Waals surface area contributed by atoms with Crippen molar-refractivity contribution in [3.63, 3.8) is 0 Å². The van der Waals surface area contributed by atoms with Gasteiger partial charge in [0.2, 0.25) is 0 Å². The quantitative estimate of drug-likeness (QED) is 0.470. The van der Waals surface area contributed by atoms with E-state index in [1.165, 1.54) is 10.6 Å². The number of piperidine rings is 1. The minimum atomic E-state index is -1.46. The summed E-state index contributed by atoms with van der Waals surface area (Å²) in [6, 6.07) is 11.3. The predicted molar refractivity (Wildman–Crippen MR) is 126 cm³/mol. The second kappa shape index (κ2) is 8.19. The fourth-order valence-corrected chi connectivity index (χ4v) is 5.31. The van der Waals surface area contributed by atoms with Gasteiger partial charge in [-0.2, -0.15) is 0 Å². The minimum absolute atomic E-state index is 0.0426. The van der Waals surface area contributed by atoms with Crippen LogP contribution in [0.2, 0.25) is 0 Å². The van der Waals surface area contributed by atoms with Crippen molar-refractivity contribution in [2.75, 3.05) is 19.6 Å². The highest BCUT2D eigenvalue weighted by Crippen LogP contribution is 2.37. The first-order valence-corrected chi connectivity index (χ1v) is 11.6. The maximum Gasteiger partial charge on any atom is 0.251 e. The fraction of sp³-hybridized carbons (Fsp3) is 0.360. The van der Waals surface area contributed by atoms with Crippen molar-refractivity contribution >= 4 is 22.1 Å². The number of nitrogens with zero attached hydrogens (tertiary/aromatic N) is 5. The molecule has 1 saturated heterocycles. The lowest BCUT2D eigenvalue weighted by atomic mass is 9.93. The molecular formula is C25H25FN6O2. The largest absolute Gasteiger partial charge is 0.382 e. The molecule has 34 heavy (non-hydrogen) atoms. The number of fused-ring (bicyclic) bond motifs is 1. The van der Waals surface area contributed by atoms with Crippen LogP contribution in [0.15, 0.2) is 53.6 Å². The molecular weight excluding hydrogens is 435 g/mol. The highest BCUT2D eigenvalue weighted by atomic mass is 19.1. The number of halogens is 1. The molecule has 4 aromatic rings. The van der Waals surface area contributed by atoms with Crippen LogP contribution < -0.4 is 10.9 Å². The summed E-state index contributed by atoms with van der Waals surface area (Å²) in [5, 5.41) is 16.1. The van der Waals surface area contributed by atoms with Crippen LogP contribution >= 0.6 is 0 Å². The first-order valence-electron chi connectivity index (χ1n) is 11.6. The number of aliphatic hydroxyl groups is 1. The van der Waals surface area contributed by atoms with Crippen LogP contribution in [0.5, 0.6) is 0 Å². The van der Waals surface area contributed by atoms with Gasteiger partial charge in [0.15, 0.2) is 5.65 Å². The second-order valence-electron chi connectivity index (χ2n) is 9.29. The molecule has 8 nitrogen and oxygen atoms in total. The molecule has 9 heteroatoms. The van der Waals surface area contributed by atoms with Gasteiger partial charge >= 0.3 is 0 Å². The molecule has 4 aromatic heterocycles. The Kier molecular flexibility index (Phi) is 5.13. The van der Waals surface area contributed by atoms with E-state index >= 15 is 0 Å². The van der Waals surface area contributed by atoms with Gasteiger partial charge in [-0.15, -0.1) is 0 Å². The van der Waals surface area contributed by atoms with Crippen LogP contribution in [-0.2, 0) is 18.7 Å². The van der Waals surface area contributed by atoms with Gasteiger partial charge in [-0.1, -0.05) is 0 Å². The van der Waals surface area contributed by atoms with Crippen molar-refractivity contribution in [1.82, 2.24) is 29.7 Å². The molecule has 2 aliphatic heterocycles. The summed E-state index contributed by atoms with van der Waals surface area (Å²) in [6.07, 6.45) is 4.69. The third-order valence-corrected chi connectivity index (χ3v) is 7.01. The Morgan fingerprint density at radius 3 is 2.85 bits per heavy atom. The van der Waals surface area contributed by atoms with Crippen molar-refractivity contribution in [1.29, 1.82) is 0 Å². The lowest BCUT2D eigenvalue weighted by molar-refractivity contribution is -0.0159. The van der Waals surface area contributed by atoms with Crippen LogP contribution in [0.25, 0.3) is 22.1 Å². The summed E-state index contributed by atoms with van der Waals surface area (Å²) in [4.78, 5) is 27.5. The fourth-order valence-electron chi connectivity index (χ4n) is 5.31. The van der Waals surface area contributed by atoms with Crippen molar-refractivity contribution < 1.29 is 9.50 Å². The SMILES string of the molecule is O=c1ccc2ncc(F)c3c2n1C[C@@]3(O)CN1CCC(NCc2ccc3cccnc3n2)CC1. The first-order chi connectivity index (χ1) is 16.5. The molecule has 6 heterocycles. The summed E-state index contributed by atoms with van der Waals surface area (Å²) in [6.45, 7) is 2.52. The van der Waals surface area contributed by atoms with E-state index in [1.807, 2.05) is 24.3 Å². The average molecular weight is 461 g/mol. The number of likely N-dealkylation sites (tertiary alicyclic amines) is 1. The number of hydrogen-bond donors (Lipinski definition) is 2. The highest BCUT2D eigenvalue weighted by molar-refractivity contribution is 5.81. The number of β-amino-alcohol motifs (C(OH)–C–C–N with tert-alkyl or cyclic N) is 1. The molecule has 2 N–H and O–H groups in total. The third kappa shape index (κ3) is 3.66. The summed E-state index contributed by atoms with van der Waals surface area (Å²) in [7, 11) is 0. The van der Waals surface area contributed by atoms with Crippen LogP contribution in [0.3, 0.4) is 0 Å². The van der Waals surface area contributed by atoms with Crippen LogP contribution in [0.4, 0.5) is 4.39 Å². The Balaban J connectivity index is 1.11. The zero-order valence-corrected chi connectivity index (χ0v) is 18.6. The van der Waals surface area contributed by atoms with E-state index in [9.17, 15) is 14.3 Å². The third-order valence-electron chi connectivity index (χ3n) is 7.01. The number of hydrogen-bond acceptors (Lipinski definition) is 7. The molecule has 0 bridgehead atoms. The number of pyridine rings is 4. The molecule has 0 radical (unpaired) electrons. The Morgan fingerprint density at radius 2 is 2.00 bits per heavy atom. The molecule has 1 fully saturated rings. The van der Waals surface area contributed by atoms with Crippen LogP contribution in [0, 0.1) is 5.82 Å². The summed E-state index contributed by atoms with van der Waals surface area (Å²) < 4.78 is 16.2. The van der Waals surface area contributed by atoms with E-state index in [-0.39, 0.29) is 24.2 Å². The molecule has 0 unspecified atom stereocenters. The lowest BCUT2D eigenvalue weighted by Gasteiger charge is -2.37. The lowest BCUT2D eigenvalue weighted by Crippen LogP contribution is -2.48. The van der Waals surface area contributed by atoms with Gasteiger partial charge in [0, 0.05) is 36.8 Å². The van der Waals surface area contributed by atoms with Crippen LogP contribution in [-0.4, -0.2) is 55.2 Å². The second-order valence-corrected chi connectivity index (χ2v) is 9.29. The molecule has 174 valence electrons. The van der Waals surface area contributed by atoms with Gasteiger partial charge < -0.3 is 15.0 Å². The normalized spacial score (nSPS) is 21.0. The van der Waals surface area contributed by atoms with E-state index < -0.39 is 11.4 Å². The standard InChI is InChI=1S/C25H25FN6O2/c26-19-13-29-20-5-6-21(33)32-15-25(34,22(19)23(20)32)14-31-10-7-17(8-11-31)28-12-18-4-3-16-2-1-9-27-24(16)30-18/h1-6,9,13,17,28,34H,7-8,10-12,14-15H2/t25-/m0/s1. The summed E-state index contributed by atoms with van der Waals surface area (Å²) in [5.41, 5.74) is 1.11. The molecule has 0 aromatic carbocycles. The Labute approximate surface area is 195 Å². The molecule has 1 atom stereocenters. The van der Waals surface area contributed by atoms with Gasteiger partial charge in [0.05, 0.1) is 35.0 Å². The van der Waals surface area contributed by atoms with Gasteiger partial charge in [0.25, 0.3) is 5.56 Å². The van der Waals surface area contributed by atoms with E-state index in [4.69, 9.17) is 0 Å². The van der Waals surface area contributed by atoms with Gasteiger partial charge in [-0.25, -0.2) is 14.4 Å². The number of rotatable bonds is 5. The molecule has 0 aliphatic carbocycles. The summed E-state index contributed by atoms with van der Waals surface area (Å²) >= 11 is 0. The molecule has 0 amide bonds. The monoisotopic (exact) mass is 460 g/mol. The maximum atomic E-state index is 14.8. The predicted octanol–water partition coefficient (Wildman–Crippen LogP) is 1.93. The van der Waals surface area contributed by atoms with E-state index in [0.29, 0.717) is 23.6 Å². The minimum Gasteiger partial charge on any atom is -0.382 e. The van der Waals surface area contributed by atoms with Gasteiger partial charge in [-0.05, 0) is 56.3 Å². The smallest absolute Gasteiger partial charge is 0.251 e. The van der Waals surface area contributed by atoms with Gasteiger partial charge in [-0.3, -0.25) is 14.7 Å². The Bertz CT molecular complexity index is 1450. The molecule has 6 rings (SSSR count). The highest BCUT2D eigenvalue weighted by Gasteiger charge is 2.43. The number of nitrogens with one attached hydrogen (secondary N) is 1. The van der Waals surface area contributed by atoms with Crippen molar-refractivity contribution in [3.8, 4) is 0 Å². The molecule has 0 spiro atoms. The zero-order valence-electron chi connectivity index (χ0n) is 18.6. The average Bonchev–Trinajstić information content (AvgIpc) is 3.17. The van der Waals surface area contributed by atoms with E-state index in [1.54, 1.807) is 12.3 Å². The maximum absolute atomic E-state index is 14.8. The summed E-state index contributed by atoms with van der Waals surface area (Å²) in [5.74, 6) is -0.569. The van der Waals surface area contributed by atoms with Crippen molar-refractivity contribution in [2.45, 2.75) is 37.6 Å². The first kappa shape index (κ1) is 21.3. The van der Waals surface area contributed by atoms with Crippen molar-refractivity contribution in [2.24, 2.45) is 0 Å².